The third-order valence-corrected chi connectivity index (χ3v) is 2.50. The average Bonchev–Trinajstić information content (AvgIpc) is 2.28. The van der Waals surface area contributed by atoms with Crippen LogP contribution >= 0.6 is 0 Å². The molecule has 0 radical (unpaired) electrons. The first-order chi connectivity index (χ1) is 8.02. The van der Waals surface area contributed by atoms with E-state index >= 15 is 0 Å². The highest BCUT2D eigenvalue weighted by Gasteiger charge is 2.10. The number of aliphatic hydroxyl groups is 1. The minimum absolute atomic E-state index is 0.298. The van der Waals surface area contributed by atoms with Gasteiger partial charge in [0.15, 0.2) is 11.5 Å². The van der Waals surface area contributed by atoms with E-state index in [1.165, 1.54) is 6.07 Å². The van der Waals surface area contributed by atoms with Crippen molar-refractivity contribution in [2.24, 2.45) is 0 Å². The predicted octanol–water partition coefficient (Wildman–Crippen LogP) is 1.05. The normalized spacial score (nSPS) is 12.6. The zero-order valence-corrected chi connectivity index (χ0v) is 9.85. The Morgan fingerprint density at radius 2 is 1.88 bits per heavy atom. The zero-order valence-electron chi connectivity index (χ0n) is 9.85. The fourth-order valence-electron chi connectivity index (χ4n) is 1.50. The van der Waals surface area contributed by atoms with Gasteiger partial charge in [-0.2, -0.15) is 0 Å². The summed E-state index contributed by atoms with van der Waals surface area (Å²) in [6.45, 7) is 2.86. The first kappa shape index (κ1) is 13.6. The standard InChI is InChI=1S/C12H19NO4/c1-8(14)3-2-6-13-7-9-4-5-10(15)12(17)11(9)16/h4-5,8,13-17H,2-3,6-7H2,1H3. The van der Waals surface area contributed by atoms with Crippen LogP contribution < -0.4 is 5.32 Å². The molecule has 17 heavy (non-hydrogen) atoms. The Morgan fingerprint density at radius 1 is 1.18 bits per heavy atom. The topological polar surface area (TPSA) is 93.0 Å². The molecule has 0 aliphatic carbocycles. The van der Waals surface area contributed by atoms with E-state index in [0.29, 0.717) is 18.7 Å². The minimum atomic E-state index is -0.492. The number of hydrogen-bond donors (Lipinski definition) is 5. The maximum atomic E-state index is 9.53. The van der Waals surface area contributed by atoms with Crippen LogP contribution in [0.3, 0.4) is 0 Å². The van der Waals surface area contributed by atoms with Crippen LogP contribution in [0.1, 0.15) is 25.3 Å². The Balaban J connectivity index is 2.40. The van der Waals surface area contributed by atoms with E-state index in [1.807, 2.05) is 0 Å². The van der Waals surface area contributed by atoms with Crippen LogP contribution in [-0.4, -0.2) is 33.1 Å². The maximum absolute atomic E-state index is 9.53. The monoisotopic (exact) mass is 241 g/mol. The van der Waals surface area contributed by atoms with E-state index in [4.69, 9.17) is 10.2 Å². The molecule has 0 heterocycles. The van der Waals surface area contributed by atoms with Crippen LogP contribution in [0.5, 0.6) is 17.2 Å². The Labute approximate surface area is 100 Å². The van der Waals surface area contributed by atoms with Gasteiger partial charge in [0.1, 0.15) is 0 Å². The first-order valence-electron chi connectivity index (χ1n) is 5.64. The minimum Gasteiger partial charge on any atom is -0.504 e. The molecule has 0 aromatic heterocycles. The van der Waals surface area contributed by atoms with E-state index < -0.39 is 5.75 Å². The van der Waals surface area contributed by atoms with Gasteiger partial charge in [-0.05, 0) is 32.4 Å². The Bertz CT molecular complexity index is 366. The average molecular weight is 241 g/mol. The van der Waals surface area contributed by atoms with Crippen molar-refractivity contribution in [3.8, 4) is 17.2 Å². The molecule has 1 aromatic carbocycles. The molecule has 0 fully saturated rings. The summed E-state index contributed by atoms with van der Waals surface area (Å²) < 4.78 is 0. The van der Waals surface area contributed by atoms with Gasteiger partial charge in [0.05, 0.1) is 6.10 Å². The van der Waals surface area contributed by atoms with Crippen LogP contribution in [-0.2, 0) is 6.54 Å². The summed E-state index contributed by atoms with van der Waals surface area (Å²) in [6, 6.07) is 2.88. The summed E-state index contributed by atoms with van der Waals surface area (Å²) in [7, 11) is 0. The molecule has 0 saturated heterocycles. The molecule has 5 N–H and O–H groups in total. The Kier molecular flexibility index (Phi) is 5.06. The molecule has 0 saturated carbocycles. The summed E-state index contributed by atoms with van der Waals surface area (Å²) in [5.41, 5.74) is 0.525. The van der Waals surface area contributed by atoms with E-state index in [9.17, 15) is 10.2 Å². The lowest BCUT2D eigenvalue weighted by Gasteiger charge is -2.09. The fraction of sp³-hybridized carbons (Fsp3) is 0.500. The van der Waals surface area contributed by atoms with Crippen molar-refractivity contribution in [3.05, 3.63) is 17.7 Å². The van der Waals surface area contributed by atoms with Crippen molar-refractivity contribution >= 4 is 0 Å². The molecule has 1 rings (SSSR count). The maximum Gasteiger partial charge on any atom is 0.200 e. The van der Waals surface area contributed by atoms with Gasteiger partial charge in [0.25, 0.3) is 0 Å². The molecule has 0 aliphatic rings. The summed E-state index contributed by atoms with van der Waals surface area (Å²) >= 11 is 0. The van der Waals surface area contributed by atoms with E-state index in [0.717, 1.165) is 12.8 Å². The molecule has 0 spiro atoms. The lowest BCUT2D eigenvalue weighted by atomic mass is 10.1. The molecular weight excluding hydrogens is 222 g/mol. The van der Waals surface area contributed by atoms with Gasteiger partial charge in [-0.1, -0.05) is 6.07 Å². The summed E-state index contributed by atoms with van der Waals surface area (Å²) in [5, 5.41) is 40.1. The quantitative estimate of drug-likeness (QED) is 0.379. The smallest absolute Gasteiger partial charge is 0.200 e. The second-order valence-corrected chi connectivity index (χ2v) is 4.11. The lowest BCUT2D eigenvalue weighted by Crippen LogP contribution is -2.16. The van der Waals surface area contributed by atoms with Gasteiger partial charge in [-0.25, -0.2) is 0 Å². The van der Waals surface area contributed by atoms with Crippen LogP contribution in [0.15, 0.2) is 12.1 Å². The second-order valence-electron chi connectivity index (χ2n) is 4.11. The van der Waals surface area contributed by atoms with Gasteiger partial charge in [0, 0.05) is 12.1 Å². The number of rotatable bonds is 6. The number of aromatic hydroxyl groups is 3. The molecule has 0 aliphatic heterocycles. The summed E-state index contributed by atoms with van der Waals surface area (Å²) in [4.78, 5) is 0. The fourth-order valence-corrected chi connectivity index (χ4v) is 1.50. The van der Waals surface area contributed by atoms with Crippen molar-refractivity contribution in [1.82, 2.24) is 5.32 Å². The molecule has 0 amide bonds. The van der Waals surface area contributed by atoms with Gasteiger partial charge < -0.3 is 25.7 Å². The molecule has 1 unspecified atom stereocenters. The molecule has 5 nitrogen and oxygen atoms in total. The van der Waals surface area contributed by atoms with Gasteiger partial charge in [0.2, 0.25) is 5.75 Å². The van der Waals surface area contributed by atoms with Crippen LogP contribution in [0.4, 0.5) is 0 Å². The number of nitrogens with one attached hydrogen (secondary N) is 1. The molecular formula is C12H19NO4. The molecule has 5 heteroatoms. The van der Waals surface area contributed by atoms with E-state index in [1.54, 1.807) is 13.0 Å². The van der Waals surface area contributed by atoms with Crippen molar-refractivity contribution < 1.29 is 20.4 Å². The SMILES string of the molecule is CC(O)CCCNCc1ccc(O)c(O)c1O. The van der Waals surface area contributed by atoms with Crippen molar-refractivity contribution in [1.29, 1.82) is 0 Å². The number of benzene rings is 1. The van der Waals surface area contributed by atoms with Crippen LogP contribution in [0, 0.1) is 0 Å². The predicted molar refractivity (Wildman–Crippen MR) is 64.1 cm³/mol. The third kappa shape index (κ3) is 4.13. The molecule has 1 aromatic rings. The van der Waals surface area contributed by atoms with Gasteiger partial charge in [-0.3, -0.25) is 0 Å². The van der Waals surface area contributed by atoms with E-state index in [-0.39, 0.29) is 17.6 Å². The van der Waals surface area contributed by atoms with Gasteiger partial charge >= 0.3 is 0 Å². The number of hydrogen-bond acceptors (Lipinski definition) is 5. The Hall–Kier alpha value is -1.46. The second kappa shape index (κ2) is 6.32. The van der Waals surface area contributed by atoms with Crippen molar-refractivity contribution in [2.75, 3.05) is 6.54 Å². The highest BCUT2D eigenvalue weighted by atomic mass is 16.3. The zero-order chi connectivity index (χ0) is 12.8. The molecule has 96 valence electrons. The highest BCUT2D eigenvalue weighted by Crippen LogP contribution is 2.36. The number of aliphatic hydroxyl groups excluding tert-OH is 1. The first-order valence-corrected chi connectivity index (χ1v) is 5.64. The molecule has 1 atom stereocenters. The van der Waals surface area contributed by atoms with Crippen molar-refractivity contribution in [3.63, 3.8) is 0 Å². The lowest BCUT2D eigenvalue weighted by molar-refractivity contribution is 0.181. The molecule has 0 bridgehead atoms. The van der Waals surface area contributed by atoms with Crippen molar-refractivity contribution in [2.45, 2.75) is 32.4 Å². The third-order valence-electron chi connectivity index (χ3n) is 2.50. The Morgan fingerprint density at radius 3 is 2.53 bits per heavy atom. The van der Waals surface area contributed by atoms with Crippen LogP contribution in [0.25, 0.3) is 0 Å². The van der Waals surface area contributed by atoms with Crippen LogP contribution in [0.2, 0.25) is 0 Å². The number of phenolic OH excluding ortho intramolecular Hbond substituents is 3. The van der Waals surface area contributed by atoms with E-state index in [2.05, 4.69) is 5.32 Å². The highest BCUT2D eigenvalue weighted by molar-refractivity contribution is 5.52. The largest absolute Gasteiger partial charge is 0.504 e. The van der Waals surface area contributed by atoms with Gasteiger partial charge in [-0.15, -0.1) is 0 Å². The number of phenols is 3. The summed E-state index contributed by atoms with van der Waals surface area (Å²) in [5.74, 6) is -1.12. The summed E-state index contributed by atoms with van der Waals surface area (Å²) in [6.07, 6.45) is 1.25.